The van der Waals surface area contributed by atoms with Gasteiger partial charge in [-0.2, -0.15) is 0 Å². The Bertz CT molecular complexity index is 899. The molecule has 0 heterocycles. The number of aliphatic hydroxyl groups is 2. The van der Waals surface area contributed by atoms with E-state index in [0.29, 0.717) is 12.8 Å². The Balaban J connectivity index is 4.11. The van der Waals surface area contributed by atoms with E-state index in [9.17, 15) is 24.2 Å². The number of rotatable bonds is 41. The zero-order valence-electron chi connectivity index (χ0n) is 34.0. The Hall–Kier alpha value is -1.29. The number of carbonyl (C=O) groups excluding carboxylic acids is 2. The molecule has 0 saturated carbocycles. The van der Waals surface area contributed by atoms with Crippen molar-refractivity contribution in [1.82, 2.24) is 0 Å². The number of esters is 2. The second-order valence-electron chi connectivity index (χ2n) is 14.7. The van der Waals surface area contributed by atoms with Crippen molar-refractivity contribution in [3.63, 3.8) is 0 Å². The Kier molecular flexibility index (Phi) is 38.0. The van der Waals surface area contributed by atoms with Crippen LogP contribution >= 0.6 is 7.82 Å². The second-order valence-corrected chi connectivity index (χ2v) is 16.2. The smallest absolute Gasteiger partial charge is 0.462 e. The molecule has 0 fully saturated rings. The summed E-state index contributed by atoms with van der Waals surface area (Å²) in [6.07, 6.45) is 36.6. The molecule has 0 aliphatic rings. The van der Waals surface area contributed by atoms with Crippen LogP contribution in [0.25, 0.3) is 0 Å². The quantitative estimate of drug-likeness (QED) is 0.0237. The van der Waals surface area contributed by atoms with E-state index in [-0.39, 0.29) is 19.4 Å². The number of hydrogen-bond donors (Lipinski definition) is 3. The van der Waals surface area contributed by atoms with Crippen LogP contribution in [0.5, 0.6) is 0 Å². The predicted octanol–water partition coefficient (Wildman–Crippen LogP) is 11.2. The third-order valence-corrected chi connectivity index (χ3v) is 10.4. The van der Waals surface area contributed by atoms with E-state index in [1.807, 2.05) is 0 Å². The van der Waals surface area contributed by atoms with Crippen molar-refractivity contribution in [1.29, 1.82) is 0 Å². The van der Waals surface area contributed by atoms with Crippen molar-refractivity contribution in [2.75, 3.05) is 26.4 Å². The lowest BCUT2D eigenvalue weighted by Gasteiger charge is -2.20. The van der Waals surface area contributed by atoms with Crippen LogP contribution in [-0.4, -0.2) is 65.7 Å². The van der Waals surface area contributed by atoms with Crippen LogP contribution in [0.4, 0.5) is 0 Å². The number of unbranched alkanes of at least 4 members (excludes halogenated alkanes) is 25. The number of hydrogen-bond acceptors (Lipinski definition) is 9. The fraction of sp³-hybridized carbons (Fsp3) is 0.905. The monoisotopic (exact) mass is 777 g/mol. The van der Waals surface area contributed by atoms with Crippen molar-refractivity contribution >= 4 is 19.8 Å². The Morgan fingerprint density at radius 2 is 0.943 bits per heavy atom. The van der Waals surface area contributed by atoms with Gasteiger partial charge >= 0.3 is 19.8 Å². The molecule has 314 valence electrons. The lowest BCUT2D eigenvalue weighted by Crippen LogP contribution is -2.29. The molecule has 0 aromatic heterocycles. The molecule has 0 spiro atoms. The molecule has 0 aromatic rings. The second kappa shape index (κ2) is 39.0. The Morgan fingerprint density at radius 1 is 0.547 bits per heavy atom. The fourth-order valence-corrected chi connectivity index (χ4v) is 6.85. The third-order valence-electron chi connectivity index (χ3n) is 9.42. The van der Waals surface area contributed by atoms with Crippen LogP contribution in [0.2, 0.25) is 0 Å². The highest BCUT2D eigenvalue weighted by atomic mass is 31.2. The average molecular weight is 777 g/mol. The molecular formula is C42H81O10P. The van der Waals surface area contributed by atoms with Gasteiger partial charge in [-0.15, -0.1) is 0 Å². The van der Waals surface area contributed by atoms with Crippen molar-refractivity contribution in [2.24, 2.45) is 0 Å². The highest BCUT2D eigenvalue weighted by Crippen LogP contribution is 2.43. The minimum atomic E-state index is -4.61. The number of phosphoric ester groups is 1. The largest absolute Gasteiger partial charge is 0.472 e. The van der Waals surface area contributed by atoms with Gasteiger partial charge in [-0.25, -0.2) is 4.57 Å². The van der Waals surface area contributed by atoms with Gasteiger partial charge in [0.2, 0.25) is 0 Å². The summed E-state index contributed by atoms with van der Waals surface area (Å²) in [6.45, 7) is 2.32. The molecule has 0 amide bonds. The lowest BCUT2D eigenvalue weighted by atomic mass is 10.0. The summed E-state index contributed by atoms with van der Waals surface area (Å²) < 4.78 is 32.5. The maximum absolute atomic E-state index is 12.5. The number of phosphoric acid groups is 1. The van der Waals surface area contributed by atoms with Gasteiger partial charge in [0.05, 0.1) is 19.8 Å². The van der Waals surface area contributed by atoms with Crippen molar-refractivity contribution in [2.45, 2.75) is 219 Å². The van der Waals surface area contributed by atoms with Gasteiger partial charge in [-0.3, -0.25) is 18.6 Å². The Labute approximate surface area is 324 Å². The zero-order chi connectivity index (χ0) is 39.1. The molecule has 0 radical (unpaired) electrons. The number of ether oxygens (including phenoxy) is 2. The number of aliphatic hydroxyl groups excluding tert-OH is 2. The summed E-state index contributed by atoms with van der Waals surface area (Å²) in [4.78, 5) is 34.7. The molecule has 3 atom stereocenters. The molecule has 0 aliphatic carbocycles. The van der Waals surface area contributed by atoms with Crippen molar-refractivity contribution < 1.29 is 47.8 Å². The van der Waals surface area contributed by atoms with Crippen LogP contribution in [0.3, 0.4) is 0 Å². The zero-order valence-corrected chi connectivity index (χ0v) is 34.9. The van der Waals surface area contributed by atoms with E-state index in [2.05, 4.69) is 30.5 Å². The average Bonchev–Trinajstić information content (AvgIpc) is 3.14. The molecule has 0 bridgehead atoms. The lowest BCUT2D eigenvalue weighted by molar-refractivity contribution is -0.161. The highest BCUT2D eigenvalue weighted by molar-refractivity contribution is 7.47. The topological polar surface area (TPSA) is 149 Å². The molecule has 0 aliphatic heterocycles. The minimum absolute atomic E-state index is 0.141. The first-order valence-electron chi connectivity index (χ1n) is 21.6. The first-order valence-corrected chi connectivity index (χ1v) is 23.1. The van der Waals surface area contributed by atoms with Gasteiger partial charge in [0.25, 0.3) is 0 Å². The standard InChI is InChI=1S/C42H81O10P/c1-3-5-7-9-11-12-13-14-15-16-17-18-19-20-21-22-23-24-25-26-28-30-32-34-42(46)52-40(38-51-53(47,48)50-36-39(44)35-43)37-49-41(45)33-31-29-27-10-8-6-4-2/h26,28,39-40,43-44H,3-25,27,29-38H2,1-2H3,(H,47,48)/b28-26+/t39-,40+/m0/s1. The Morgan fingerprint density at radius 3 is 1.42 bits per heavy atom. The molecule has 0 aromatic carbocycles. The van der Waals surface area contributed by atoms with Gasteiger partial charge in [0.15, 0.2) is 6.10 Å². The summed E-state index contributed by atoms with van der Waals surface area (Å²) in [5.74, 6) is -0.961. The normalized spacial score (nSPS) is 14.0. The molecule has 1 unspecified atom stereocenters. The van der Waals surface area contributed by atoms with Gasteiger partial charge < -0.3 is 24.6 Å². The molecule has 11 heteroatoms. The maximum atomic E-state index is 12.5. The van der Waals surface area contributed by atoms with E-state index >= 15 is 0 Å². The number of allylic oxidation sites excluding steroid dienone is 2. The van der Waals surface area contributed by atoms with Crippen molar-refractivity contribution in [3.8, 4) is 0 Å². The third kappa shape index (κ3) is 38.8. The number of carbonyl (C=O) groups is 2. The minimum Gasteiger partial charge on any atom is -0.462 e. The van der Waals surface area contributed by atoms with Crippen LogP contribution in [0.15, 0.2) is 12.2 Å². The summed E-state index contributed by atoms with van der Waals surface area (Å²) in [6, 6.07) is 0. The molecule has 0 rings (SSSR count). The van der Waals surface area contributed by atoms with Gasteiger partial charge in [-0.1, -0.05) is 174 Å². The van der Waals surface area contributed by atoms with E-state index < -0.39 is 51.8 Å². The van der Waals surface area contributed by atoms with Crippen LogP contribution in [-0.2, 0) is 32.7 Å². The highest BCUT2D eigenvalue weighted by Gasteiger charge is 2.27. The summed E-state index contributed by atoms with van der Waals surface area (Å²) >= 11 is 0. The van der Waals surface area contributed by atoms with E-state index in [0.717, 1.165) is 32.1 Å². The van der Waals surface area contributed by atoms with Crippen molar-refractivity contribution in [3.05, 3.63) is 12.2 Å². The molecule has 0 saturated heterocycles. The summed E-state index contributed by atoms with van der Waals surface area (Å²) in [5.41, 5.74) is 0. The maximum Gasteiger partial charge on any atom is 0.472 e. The van der Waals surface area contributed by atoms with Gasteiger partial charge in [0.1, 0.15) is 12.7 Å². The van der Waals surface area contributed by atoms with Crippen LogP contribution < -0.4 is 0 Å². The van der Waals surface area contributed by atoms with Gasteiger partial charge in [-0.05, 0) is 32.1 Å². The van der Waals surface area contributed by atoms with E-state index in [1.54, 1.807) is 0 Å². The van der Waals surface area contributed by atoms with Crippen LogP contribution in [0, 0.1) is 0 Å². The molecule has 3 N–H and O–H groups in total. The van der Waals surface area contributed by atoms with Crippen LogP contribution in [0.1, 0.15) is 206 Å². The van der Waals surface area contributed by atoms with E-state index in [1.165, 1.54) is 135 Å². The first-order chi connectivity index (χ1) is 25.7. The van der Waals surface area contributed by atoms with Gasteiger partial charge in [0, 0.05) is 12.8 Å². The molecule has 53 heavy (non-hydrogen) atoms. The molecular weight excluding hydrogens is 695 g/mol. The predicted molar refractivity (Wildman–Crippen MR) is 215 cm³/mol. The SMILES string of the molecule is CCCCCCCCCCCCCCCCCCCC/C=C/CCCC(=O)O[C@H](COC(=O)CCCCCCCCC)COP(=O)(O)OC[C@@H](O)CO. The summed E-state index contributed by atoms with van der Waals surface area (Å²) in [5, 5.41) is 18.3. The van der Waals surface area contributed by atoms with E-state index in [4.69, 9.17) is 19.1 Å². The fourth-order valence-electron chi connectivity index (χ4n) is 6.06. The first kappa shape index (κ1) is 51.7. The molecule has 10 nitrogen and oxygen atoms in total. The summed E-state index contributed by atoms with van der Waals surface area (Å²) in [7, 11) is -4.61.